The monoisotopic (exact) mass is 236 g/mol. The molecule has 2 rings (SSSR count). The molecule has 0 aliphatic heterocycles. The Balaban J connectivity index is 1.92. The lowest BCUT2D eigenvalue weighted by Gasteiger charge is -1.99. The Hall–Kier alpha value is -1.59. The fourth-order valence-electron chi connectivity index (χ4n) is 1.47. The van der Waals surface area contributed by atoms with Crippen molar-refractivity contribution in [1.82, 2.24) is 10.3 Å². The summed E-state index contributed by atoms with van der Waals surface area (Å²) >= 11 is 0. The van der Waals surface area contributed by atoms with E-state index in [0.717, 1.165) is 23.6 Å². The molecule has 92 valence electrons. The molecule has 0 aliphatic carbocycles. The molecular formula is C12H16N2O3. The van der Waals surface area contributed by atoms with Gasteiger partial charge in [0.1, 0.15) is 18.3 Å². The van der Waals surface area contributed by atoms with Crippen LogP contribution in [0.1, 0.15) is 11.5 Å². The molecule has 2 aromatic heterocycles. The maximum Gasteiger partial charge on any atom is 0.229 e. The van der Waals surface area contributed by atoms with Gasteiger partial charge in [0, 0.05) is 20.2 Å². The average molecular weight is 236 g/mol. The normalized spacial score (nSPS) is 10.9. The molecule has 0 saturated heterocycles. The minimum absolute atomic E-state index is 0.588. The summed E-state index contributed by atoms with van der Waals surface area (Å²) in [5, 5.41) is 3.20. The van der Waals surface area contributed by atoms with Crippen molar-refractivity contribution in [3.8, 4) is 11.5 Å². The molecule has 2 aromatic rings. The SMILES string of the molecule is COCCNCc1coc(-c2coc(C)c2)n1. The zero-order valence-electron chi connectivity index (χ0n) is 10.0. The fraction of sp³-hybridized carbons (Fsp3) is 0.417. The standard InChI is InChI=1S/C12H16N2O3/c1-9-5-10(7-16-9)12-14-11(8-17-12)6-13-3-4-15-2/h5,7-8,13H,3-4,6H2,1-2H3. The van der Waals surface area contributed by atoms with E-state index in [2.05, 4.69) is 10.3 Å². The third-order valence-electron chi connectivity index (χ3n) is 2.32. The van der Waals surface area contributed by atoms with E-state index < -0.39 is 0 Å². The second-order valence-electron chi connectivity index (χ2n) is 3.76. The number of aryl methyl sites for hydroxylation is 1. The highest BCUT2D eigenvalue weighted by molar-refractivity contribution is 5.51. The molecule has 1 N–H and O–H groups in total. The molecule has 0 saturated carbocycles. The molecule has 0 aromatic carbocycles. The number of hydrogen-bond acceptors (Lipinski definition) is 5. The van der Waals surface area contributed by atoms with Crippen molar-refractivity contribution in [1.29, 1.82) is 0 Å². The Morgan fingerprint density at radius 1 is 1.35 bits per heavy atom. The van der Waals surface area contributed by atoms with Gasteiger partial charge in [-0.15, -0.1) is 0 Å². The Kier molecular flexibility index (Phi) is 3.95. The van der Waals surface area contributed by atoms with Gasteiger partial charge in [0.05, 0.1) is 17.9 Å². The highest BCUT2D eigenvalue weighted by Gasteiger charge is 2.08. The van der Waals surface area contributed by atoms with E-state index in [9.17, 15) is 0 Å². The topological polar surface area (TPSA) is 60.4 Å². The largest absolute Gasteiger partial charge is 0.469 e. The summed E-state index contributed by atoms with van der Waals surface area (Å²) in [6.45, 7) is 4.04. The number of nitrogens with zero attached hydrogens (tertiary/aromatic N) is 1. The Bertz CT molecular complexity index is 462. The smallest absolute Gasteiger partial charge is 0.229 e. The number of nitrogens with one attached hydrogen (secondary N) is 1. The van der Waals surface area contributed by atoms with E-state index in [-0.39, 0.29) is 0 Å². The van der Waals surface area contributed by atoms with Gasteiger partial charge in [0.2, 0.25) is 5.89 Å². The van der Waals surface area contributed by atoms with Crippen molar-refractivity contribution in [2.24, 2.45) is 0 Å². The van der Waals surface area contributed by atoms with Gasteiger partial charge in [-0.1, -0.05) is 0 Å². The van der Waals surface area contributed by atoms with Crippen LogP contribution in [0.3, 0.4) is 0 Å². The van der Waals surface area contributed by atoms with Gasteiger partial charge in [0.15, 0.2) is 0 Å². The zero-order chi connectivity index (χ0) is 12.1. The highest BCUT2D eigenvalue weighted by Crippen LogP contribution is 2.20. The third kappa shape index (κ3) is 3.18. The summed E-state index contributed by atoms with van der Waals surface area (Å²) in [6, 6.07) is 1.90. The van der Waals surface area contributed by atoms with Crippen LogP contribution in [-0.2, 0) is 11.3 Å². The maximum atomic E-state index is 5.38. The molecule has 0 spiro atoms. The Morgan fingerprint density at radius 2 is 2.24 bits per heavy atom. The van der Waals surface area contributed by atoms with Crippen LogP contribution in [0.4, 0.5) is 0 Å². The summed E-state index contributed by atoms with van der Waals surface area (Å²) in [7, 11) is 1.68. The van der Waals surface area contributed by atoms with Crippen molar-refractivity contribution in [2.45, 2.75) is 13.5 Å². The lowest BCUT2D eigenvalue weighted by atomic mass is 10.3. The second kappa shape index (κ2) is 5.65. The van der Waals surface area contributed by atoms with Crippen LogP contribution in [0.2, 0.25) is 0 Å². The molecule has 0 radical (unpaired) electrons. The predicted molar refractivity (Wildman–Crippen MR) is 62.5 cm³/mol. The maximum absolute atomic E-state index is 5.38. The lowest BCUT2D eigenvalue weighted by Crippen LogP contribution is -2.18. The van der Waals surface area contributed by atoms with Gasteiger partial charge < -0.3 is 18.9 Å². The number of rotatable bonds is 6. The van der Waals surface area contributed by atoms with E-state index in [1.54, 1.807) is 19.6 Å². The average Bonchev–Trinajstić information content (AvgIpc) is 2.93. The van der Waals surface area contributed by atoms with Gasteiger partial charge in [-0.2, -0.15) is 0 Å². The van der Waals surface area contributed by atoms with Crippen LogP contribution in [0.5, 0.6) is 0 Å². The first-order valence-electron chi connectivity index (χ1n) is 5.49. The quantitative estimate of drug-likeness (QED) is 0.777. The Labute approximate surface area is 99.8 Å². The van der Waals surface area contributed by atoms with E-state index in [0.29, 0.717) is 19.0 Å². The van der Waals surface area contributed by atoms with Crippen molar-refractivity contribution in [3.63, 3.8) is 0 Å². The zero-order valence-corrected chi connectivity index (χ0v) is 10.0. The van der Waals surface area contributed by atoms with E-state index in [4.69, 9.17) is 13.6 Å². The van der Waals surface area contributed by atoms with Gasteiger partial charge in [0.25, 0.3) is 0 Å². The van der Waals surface area contributed by atoms with Crippen LogP contribution in [-0.4, -0.2) is 25.2 Å². The molecule has 0 bridgehead atoms. The van der Waals surface area contributed by atoms with Crippen molar-refractivity contribution in [3.05, 3.63) is 30.0 Å². The number of hydrogen-bond donors (Lipinski definition) is 1. The van der Waals surface area contributed by atoms with E-state index in [1.807, 2.05) is 13.0 Å². The third-order valence-corrected chi connectivity index (χ3v) is 2.32. The van der Waals surface area contributed by atoms with Crippen LogP contribution in [0, 0.1) is 6.92 Å². The molecule has 5 nitrogen and oxygen atoms in total. The summed E-state index contributed by atoms with van der Waals surface area (Å²) in [5.74, 6) is 1.43. The summed E-state index contributed by atoms with van der Waals surface area (Å²) < 4.78 is 15.5. The summed E-state index contributed by atoms with van der Waals surface area (Å²) in [4.78, 5) is 4.36. The number of methoxy groups -OCH3 is 1. The van der Waals surface area contributed by atoms with Crippen LogP contribution in [0.25, 0.3) is 11.5 Å². The number of furan rings is 1. The van der Waals surface area contributed by atoms with Crippen molar-refractivity contribution < 1.29 is 13.6 Å². The van der Waals surface area contributed by atoms with Gasteiger partial charge in [-0.05, 0) is 13.0 Å². The molecule has 0 atom stereocenters. The highest BCUT2D eigenvalue weighted by atomic mass is 16.5. The summed E-state index contributed by atoms with van der Waals surface area (Å²) in [6.07, 6.45) is 3.29. The predicted octanol–water partition coefficient (Wildman–Crippen LogP) is 1.98. The molecule has 0 unspecified atom stereocenters. The molecule has 17 heavy (non-hydrogen) atoms. The molecule has 0 amide bonds. The second-order valence-corrected chi connectivity index (χ2v) is 3.76. The fourth-order valence-corrected chi connectivity index (χ4v) is 1.47. The number of oxazole rings is 1. The molecule has 0 fully saturated rings. The summed E-state index contributed by atoms with van der Waals surface area (Å²) in [5.41, 5.74) is 1.74. The minimum atomic E-state index is 0.588. The minimum Gasteiger partial charge on any atom is -0.469 e. The van der Waals surface area contributed by atoms with Gasteiger partial charge in [-0.25, -0.2) is 4.98 Å². The van der Waals surface area contributed by atoms with Crippen LogP contribution < -0.4 is 5.32 Å². The molecular weight excluding hydrogens is 220 g/mol. The van der Waals surface area contributed by atoms with Gasteiger partial charge >= 0.3 is 0 Å². The van der Waals surface area contributed by atoms with Crippen molar-refractivity contribution in [2.75, 3.05) is 20.3 Å². The number of ether oxygens (including phenoxy) is 1. The molecule has 0 aliphatic rings. The lowest BCUT2D eigenvalue weighted by molar-refractivity contribution is 0.199. The first-order chi connectivity index (χ1) is 8.29. The van der Waals surface area contributed by atoms with E-state index in [1.165, 1.54) is 0 Å². The first kappa shape index (κ1) is 11.9. The van der Waals surface area contributed by atoms with Crippen LogP contribution >= 0.6 is 0 Å². The molecule has 2 heterocycles. The number of aromatic nitrogens is 1. The van der Waals surface area contributed by atoms with Crippen molar-refractivity contribution >= 4 is 0 Å². The van der Waals surface area contributed by atoms with Gasteiger partial charge in [-0.3, -0.25) is 0 Å². The van der Waals surface area contributed by atoms with Crippen LogP contribution in [0.15, 0.2) is 27.4 Å². The molecule has 5 heteroatoms. The first-order valence-corrected chi connectivity index (χ1v) is 5.49. The van der Waals surface area contributed by atoms with E-state index >= 15 is 0 Å². The Morgan fingerprint density at radius 3 is 2.94 bits per heavy atom.